The van der Waals surface area contributed by atoms with E-state index in [9.17, 15) is 0 Å². The Morgan fingerprint density at radius 1 is 1.53 bits per heavy atom. The molecule has 4 heteroatoms. The predicted molar refractivity (Wildman–Crippen MR) is 67.3 cm³/mol. The van der Waals surface area contributed by atoms with Crippen LogP contribution in [0.5, 0.6) is 5.75 Å². The Bertz CT molecular complexity index is 514. The molecule has 1 aromatic heterocycles. The van der Waals surface area contributed by atoms with Gasteiger partial charge in [0.15, 0.2) is 0 Å². The number of methoxy groups -OCH3 is 1. The zero-order chi connectivity index (χ0) is 11.7. The first-order valence-corrected chi connectivity index (χ1v) is 6.10. The molecule has 0 radical (unpaired) electrons. The van der Waals surface area contributed by atoms with E-state index in [1.165, 1.54) is 12.8 Å². The van der Waals surface area contributed by atoms with Gasteiger partial charge >= 0.3 is 0 Å². The summed E-state index contributed by atoms with van der Waals surface area (Å²) in [5.41, 5.74) is 0.952. The lowest BCUT2D eigenvalue weighted by atomic mass is 10.2. The first-order valence-electron chi connectivity index (χ1n) is 6.10. The van der Waals surface area contributed by atoms with E-state index in [1.807, 2.05) is 16.8 Å². The van der Waals surface area contributed by atoms with Gasteiger partial charge in [-0.25, -0.2) is 0 Å². The molecule has 4 nitrogen and oxygen atoms in total. The number of hydrogen-bond donors (Lipinski definition) is 1. The van der Waals surface area contributed by atoms with E-state index >= 15 is 0 Å². The molecule has 90 valence electrons. The monoisotopic (exact) mass is 231 g/mol. The first-order chi connectivity index (χ1) is 8.36. The average Bonchev–Trinajstić information content (AvgIpc) is 2.97. The molecule has 2 aromatic rings. The molecule has 1 aromatic carbocycles. The minimum absolute atomic E-state index is 0.565. The lowest BCUT2D eigenvalue weighted by molar-refractivity contribution is 0.417. The van der Waals surface area contributed by atoms with Crippen LogP contribution in [-0.4, -0.2) is 29.5 Å². The van der Waals surface area contributed by atoms with Gasteiger partial charge in [0.2, 0.25) is 0 Å². The predicted octanol–water partition coefficient (Wildman–Crippen LogP) is 1.80. The summed E-state index contributed by atoms with van der Waals surface area (Å²) < 4.78 is 7.34. The van der Waals surface area contributed by atoms with Gasteiger partial charge in [-0.3, -0.25) is 4.68 Å². The van der Waals surface area contributed by atoms with Crippen molar-refractivity contribution < 1.29 is 4.74 Å². The Balaban J connectivity index is 1.90. The maximum atomic E-state index is 5.32. The van der Waals surface area contributed by atoms with Crippen molar-refractivity contribution in [2.45, 2.75) is 25.4 Å². The normalized spacial score (nSPS) is 19.9. The molecule has 0 aliphatic carbocycles. The molecule has 3 rings (SSSR count). The fraction of sp³-hybridized carbons (Fsp3) is 0.462. The van der Waals surface area contributed by atoms with Crippen LogP contribution >= 0.6 is 0 Å². The molecule has 1 fully saturated rings. The summed E-state index contributed by atoms with van der Waals surface area (Å²) in [5, 5.41) is 9.23. The van der Waals surface area contributed by atoms with Gasteiger partial charge in [0, 0.05) is 17.6 Å². The van der Waals surface area contributed by atoms with Crippen LogP contribution in [-0.2, 0) is 6.54 Å². The lowest BCUT2D eigenvalue weighted by Gasteiger charge is -2.09. The van der Waals surface area contributed by atoms with Crippen molar-refractivity contribution in [3.63, 3.8) is 0 Å². The van der Waals surface area contributed by atoms with Crippen molar-refractivity contribution >= 4 is 10.9 Å². The number of hydrogen-bond acceptors (Lipinski definition) is 3. The number of benzene rings is 1. The first kappa shape index (κ1) is 10.6. The van der Waals surface area contributed by atoms with Crippen molar-refractivity contribution in [1.29, 1.82) is 0 Å². The van der Waals surface area contributed by atoms with Crippen molar-refractivity contribution in [2.24, 2.45) is 0 Å². The van der Waals surface area contributed by atoms with Crippen LogP contribution in [0.1, 0.15) is 12.8 Å². The molecule has 1 saturated heterocycles. The summed E-state index contributed by atoms with van der Waals surface area (Å²) in [7, 11) is 1.69. The van der Waals surface area contributed by atoms with Crippen molar-refractivity contribution in [3.8, 4) is 5.75 Å². The molecule has 2 heterocycles. The third-order valence-electron chi connectivity index (χ3n) is 3.34. The molecule has 17 heavy (non-hydrogen) atoms. The van der Waals surface area contributed by atoms with Gasteiger partial charge in [-0.2, -0.15) is 5.10 Å². The largest absolute Gasteiger partial charge is 0.494 e. The molecule has 0 spiro atoms. The number of rotatable bonds is 3. The summed E-state index contributed by atoms with van der Waals surface area (Å²) in [5.74, 6) is 0.848. The lowest BCUT2D eigenvalue weighted by Crippen LogP contribution is -2.26. The number of ether oxygens (including phenoxy) is 1. The highest BCUT2D eigenvalue weighted by Gasteiger charge is 2.15. The molecule has 1 N–H and O–H groups in total. The van der Waals surface area contributed by atoms with Gasteiger partial charge in [0.1, 0.15) is 11.3 Å². The van der Waals surface area contributed by atoms with E-state index in [0.29, 0.717) is 6.04 Å². The molecular formula is C13H17N3O. The van der Waals surface area contributed by atoms with E-state index < -0.39 is 0 Å². The Hall–Kier alpha value is -1.55. The maximum absolute atomic E-state index is 5.32. The van der Waals surface area contributed by atoms with Crippen LogP contribution in [0, 0.1) is 0 Å². The summed E-state index contributed by atoms with van der Waals surface area (Å²) >= 11 is 0. The molecule has 1 aliphatic heterocycles. The standard InChI is InChI=1S/C13H17N3O/c1-17-12-6-2-4-10-8-16(15-13(10)12)9-11-5-3-7-14-11/h2,4,6,8,11,14H,3,5,7,9H2,1H3. The fourth-order valence-corrected chi connectivity index (χ4v) is 2.46. The second-order valence-electron chi connectivity index (χ2n) is 4.54. The highest BCUT2D eigenvalue weighted by molar-refractivity contribution is 5.84. The van der Waals surface area contributed by atoms with E-state index in [2.05, 4.69) is 22.7 Å². The molecule has 1 aliphatic rings. The Morgan fingerprint density at radius 2 is 2.47 bits per heavy atom. The zero-order valence-corrected chi connectivity index (χ0v) is 10.0. The number of nitrogens with one attached hydrogen (secondary N) is 1. The quantitative estimate of drug-likeness (QED) is 0.875. The Kier molecular flexibility index (Phi) is 2.73. The van der Waals surface area contributed by atoms with E-state index in [0.717, 1.165) is 29.7 Å². The van der Waals surface area contributed by atoms with Gasteiger partial charge in [0.05, 0.1) is 13.7 Å². The smallest absolute Gasteiger partial charge is 0.146 e. The summed E-state index contributed by atoms with van der Waals surface area (Å²) in [4.78, 5) is 0. The summed E-state index contributed by atoms with van der Waals surface area (Å²) in [6.07, 6.45) is 4.61. The van der Waals surface area contributed by atoms with Crippen LogP contribution < -0.4 is 10.1 Å². The number of nitrogens with zero attached hydrogens (tertiary/aromatic N) is 2. The van der Waals surface area contributed by atoms with Crippen LogP contribution in [0.3, 0.4) is 0 Å². The van der Waals surface area contributed by atoms with E-state index in [-0.39, 0.29) is 0 Å². The Labute approximate surface area is 101 Å². The average molecular weight is 231 g/mol. The highest BCUT2D eigenvalue weighted by atomic mass is 16.5. The van der Waals surface area contributed by atoms with Crippen LogP contribution in [0.2, 0.25) is 0 Å². The van der Waals surface area contributed by atoms with E-state index in [1.54, 1.807) is 7.11 Å². The van der Waals surface area contributed by atoms with Crippen LogP contribution in [0.4, 0.5) is 0 Å². The van der Waals surface area contributed by atoms with Gasteiger partial charge in [-0.15, -0.1) is 0 Å². The summed E-state index contributed by atoms with van der Waals surface area (Å²) in [6, 6.07) is 6.59. The van der Waals surface area contributed by atoms with Crippen molar-refractivity contribution in [2.75, 3.05) is 13.7 Å². The molecule has 0 amide bonds. The molecular weight excluding hydrogens is 214 g/mol. The summed E-state index contributed by atoms with van der Waals surface area (Å²) in [6.45, 7) is 2.08. The maximum Gasteiger partial charge on any atom is 0.146 e. The third kappa shape index (κ3) is 2.00. The number of fused-ring (bicyclic) bond motifs is 1. The SMILES string of the molecule is COc1cccc2cn(CC3CCCN3)nc12. The third-order valence-corrected chi connectivity index (χ3v) is 3.34. The van der Waals surface area contributed by atoms with Crippen molar-refractivity contribution in [3.05, 3.63) is 24.4 Å². The molecule has 0 saturated carbocycles. The zero-order valence-electron chi connectivity index (χ0n) is 10.0. The van der Waals surface area contributed by atoms with Gasteiger partial charge in [-0.05, 0) is 25.5 Å². The second-order valence-corrected chi connectivity index (χ2v) is 4.54. The molecule has 0 bridgehead atoms. The van der Waals surface area contributed by atoms with Crippen molar-refractivity contribution in [1.82, 2.24) is 15.1 Å². The van der Waals surface area contributed by atoms with Gasteiger partial charge in [0.25, 0.3) is 0 Å². The van der Waals surface area contributed by atoms with E-state index in [4.69, 9.17) is 4.74 Å². The topological polar surface area (TPSA) is 39.1 Å². The minimum atomic E-state index is 0.565. The van der Waals surface area contributed by atoms with Crippen LogP contribution in [0.25, 0.3) is 10.9 Å². The Morgan fingerprint density at radius 3 is 3.24 bits per heavy atom. The van der Waals surface area contributed by atoms with Crippen LogP contribution in [0.15, 0.2) is 24.4 Å². The second kappa shape index (κ2) is 4.37. The molecule has 1 unspecified atom stereocenters. The highest BCUT2D eigenvalue weighted by Crippen LogP contribution is 2.23. The van der Waals surface area contributed by atoms with Gasteiger partial charge in [-0.1, -0.05) is 12.1 Å². The molecule has 1 atom stereocenters. The van der Waals surface area contributed by atoms with Gasteiger partial charge < -0.3 is 10.1 Å². The number of aromatic nitrogens is 2. The minimum Gasteiger partial charge on any atom is -0.494 e. The fourth-order valence-electron chi connectivity index (χ4n) is 2.46.